The summed E-state index contributed by atoms with van der Waals surface area (Å²) in [5.74, 6) is 3.25. The molecule has 4 aromatic rings. The number of methoxy groups -OCH3 is 4. The second-order valence-electron chi connectivity index (χ2n) is 8.56. The van der Waals surface area contributed by atoms with Gasteiger partial charge in [-0.05, 0) is 40.1 Å². The highest BCUT2D eigenvalue weighted by Crippen LogP contribution is 2.45. The molecule has 0 radical (unpaired) electrons. The predicted molar refractivity (Wildman–Crippen MR) is 160 cm³/mol. The van der Waals surface area contributed by atoms with Crippen LogP contribution in [0.15, 0.2) is 97.1 Å². The van der Waals surface area contributed by atoms with Gasteiger partial charge >= 0.3 is 0 Å². The minimum atomic E-state index is -0.987. The van der Waals surface area contributed by atoms with Crippen molar-refractivity contribution in [2.24, 2.45) is 0 Å². The lowest BCUT2D eigenvalue weighted by atomic mass is 10.3. The van der Waals surface area contributed by atoms with Crippen molar-refractivity contribution < 1.29 is 24.1 Å². The Labute approximate surface area is 227 Å². The summed E-state index contributed by atoms with van der Waals surface area (Å²) >= 11 is 0. The molecular weight excluding hydrogens is 514 g/mol. The fraction of sp³-hybridized carbons (Fsp3) is 0.226. The Morgan fingerprint density at radius 3 is 0.947 bits per heavy atom. The van der Waals surface area contributed by atoms with Crippen molar-refractivity contribution in [1.29, 1.82) is 0 Å². The lowest BCUT2D eigenvalue weighted by molar-refractivity contribution is 0.223. The number of hydrogen-bond acceptors (Lipinski definition) is 5. The van der Waals surface area contributed by atoms with Gasteiger partial charge in [-0.1, -0.05) is 72.8 Å². The molecule has 0 heterocycles. The molecule has 0 unspecified atom stereocenters. The third-order valence-electron chi connectivity index (χ3n) is 6.29. The highest BCUT2D eigenvalue weighted by molar-refractivity contribution is 7.74. The van der Waals surface area contributed by atoms with E-state index in [0.29, 0.717) is 12.3 Å². The van der Waals surface area contributed by atoms with E-state index in [-0.39, 0.29) is 0 Å². The van der Waals surface area contributed by atoms with Crippen LogP contribution in [0.1, 0.15) is 0 Å². The Kier molecular flexibility index (Phi) is 10.0. The number of aliphatic hydroxyl groups is 1. The average Bonchev–Trinajstić information content (AvgIpc) is 2.98. The van der Waals surface area contributed by atoms with Crippen LogP contribution in [0.2, 0.25) is 0 Å². The molecule has 0 aliphatic carbocycles. The third kappa shape index (κ3) is 6.30. The zero-order chi connectivity index (χ0) is 26.9. The van der Waals surface area contributed by atoms with Crippen LogP contribution in [0.3, 0.4) is 0 Å². The van der Waals surface area contributed by atoms with E-state index in [9.17, 15) is 5.11 Å². The van der Waals surface area contributed by atoms with E-state index in [2.05, 4.69) is 24.3 Å². The lowest BCUT2D eigenvalue weighted by Crippen LogP contribution is -2.28. The van der Waals surface area contributed by atoms with Gasteiger partial charge in [0, 0.05) is 33.5 Å². The van der Waals surface area contributed by atoms with Crippen LogP contribution in [-0.2, 0) is 0 Å². The van der Waals surface area contributed by atoms with Gasteiger partial charge in [-0.2, -0.15) is 0 Å². The van der Waals surface area contributed by atoms with Crippen molar-refractivity contribution in [3.63, 3.8) is 0 Å². The van der Waals surface area contributed by atoms with Crippen LogP contribution in [0, 0.1) is 0 Å². The van der Waals surface area contributed by atoms with E-state index < -0.39 is 21.9 Å². The minimum absolute atomic E-state index is 0.555. The normalized spacial score (nSPS) is 11.2. The minimum Gasteiger partial charge on any atom is -0.496 e. The summed E-state index contributed by atoms with van der Waals surface area (Å²) in [6, 6.07) is 32.2. The zero-order valence-electron chi connectivity index (χ0n) is 22.2. The number of ether oxygens (including phenoxy) is 4. The van der Waals surface area contributed by atoms with Crippen molar-refractivity contribution in [2.75, 3.05) is 40.8 Å². The van der Waals surface area contributed by atoms with Crippen LogP contribution in [0.25, 0.3) is 0 Å². The van der Waals surface area contributed by atoms with Crippen molar-refractivity contribution in [3.8, 4) is 23.0 Å². The molecule has 0 amide bonds. The SMILES string of the molecule is COc1ccccc1P(CC(O)CP(c1ccccc1OC)c1ccccc1OC)c1ccccc1OC. The monoisotopic (exact) mass is 548 g/mol. The second kappa shape index (κ2) is 13.6. The maximum absolute atomic E-state index is 11.8. The molecule has 0 aliphatic rings. The quantitative estimate of drug-likeness (QED) is 0.262. The molecule has 198 valence electrons. The summed E-state index contributed by atoms with van der Waals surface area (Å²) in [7, 11) is 4.78. The Balaban J connectivity index is 1.75. The Hall–Kier alpha value is -3.10. The molecule has 0 spiro atoms. The average molecular weight is 549 g/mol. The van der Waals surface area contributed by atoms with Crippen molar-refractivity contribution in [3.05, 3.63) is 97.1 Å². The molecule has 0 saturated carbocycles. The molecule has 0 fully saturated rings. The molecule has 0 aliphatic heterocycles. The van der Waals surface area contributed by atoms with Crippen molar-refractivity contribution in [1.82, 2.24) is 0 Å². The van der Waals surface area contributed by atoms with Gasteiger partial charge in [-0.25, -0.2) is 0 Å². The smallest absolute Gasteiger partial charge is 0.126 e. The molecule has 7 heteroatoms. The van der Waals surface area contributed by atoms with Gasteiger partial charge in [-0.3, -0.25) is 0 Å². The molecule has 0 aromatic heterocycles. The Bertz CT molecular complexity index is 1130. The first-order chi connectivity index (χ1) is 18.6. The molecule has 0 atom stereocenters. The Morgan fingerprint density at radius 1 is 0.474 bits per heavy atom. The number of rotatable bonds is 12. The van der Waals surface area contributed by atoms with E-state index in [4.69, 9.17) is 18.9 Å². The van der Waals surface area contributed by atoms with Crippen LogP contribution in [-0.4, -0.2) is 52.0 Å². The van der Waals surface area contributed by atoms with Gasteiger partial charge in [0.2, 0.25) is 0 Å². The van der Waals surface area contributed by atoms with Crippen LogP contribution < -0.4 is 40.2 Å². The molecule has 5 nitrogen and oxygen atoms in total. The fourth-order valence-electron chi connectivity index (χ4n) is 4.54. The van der Waals surface area contributed by atoms with Gasteiger partial charge in [0.05, 0.1) is 34.5 Å². The molecule has 4 rings (SSSR count). The first kappa shape index (κ1) is 27.9. The first-order valence-corrected chi connectivity index (χ1v) is 15.4. The van der Waals surface area contributed by atoms with Crippen LogP contribution in [0.5, 0.6) is 23.0 Å². The Morgan fingerprint density at radius 2 is 0.711 bits per heavy atom. The molecule has 38 heavy (non-hydrogen) atoms. The second-order valence-corrected chi connectivity index (χ2v) is 12.9. The van der Waals surface area contributed by atoms with Crippen molar-refractivity contribution in [2.45, 2.75) is 6.10 Å². The molecule has 0 saturated heterocycles. The highest BCUT2D eigenvalue weighted by Gasteiger charge is 2.28. The van der Waals surface area contributed by atoms with Gasteiger partial charge in [-0.15, -0.1) is 0 Å². The van der Waals surface area contributed by atoms with Gasteiger partial charge in [0.15, 0.2) is 0 Å². The van der Waals surface area contributed by atoms with E-state index >= 15 is 0 Å². The summed E-state index contributed by atoms with van der Waals surface area (Å²) < 4.78 is 23.0. The van der Waals surface area contributed by atoms with E-state index in [1.807, 2.05) is 72.8 Å². The number of benzene rings is 4. The number of hydrogen-bond donors (Lipinski definition) is 1. The molecule has 1 N–H and O–H groups in total. The summed E-state index contributed by atoms with van der Waals surface area (Å²) in [6.45, 7) is 0. The summed E-state index contributed by atoms with van der Waals surface area (Å²) in [5, 5.41) is 16.1. The van der Waals surface area contributed by atoms with E-state index in [1.54, 1.807) is 28.4 Å². The van der Waals surface area contributed by atoms with E-state index in [1.165, 1.54) is 0 Å². The van der Waals surface area contributed by atoms with E-state index in [0.717, 1.165) is 44.2 Å². The topological polar surface area (TPSA) is 57.2 Å². The van der Waals surface area contributed by atoms with Gasteiger partial charge in [0.1, 0.15) is 23.0 Å². The number of aliphatic hydroxyl groups excluding tert-OH is 1. The highest BCUT2D eigenvalue weighted by atomic mass is 31.1. The van der Waals surface area contributed by atoms with Crippen molar-refractivity contribution >= 4 is 37.1 Å². The first-order valence-electron chi connectivity index (χ1n) is 12.4. The van der Waals surface area contributed by atoms with Gasteiger partial charge < -0.3 is 24.1 Å². The summed E-state index contributed by atoms with van der Waals surface area (Å²) in [4.78, 5) is 0. The summed E-state index contributed by atoms with van der Waals surface area (Å²) in [6.07, 6.45) is 0.509. The van der Waals surface area contributed by atoms with Gasteiger partial charge in [0.25, 0.3) is 0 Å². The lowest BCUT2D eigenvalue weighted by Gasteiger charge is -2.28. The maximum atomic E-state index is 11.8. The molecule has 0 bridgehead atoms. The largest absolute Gasteiger partial charge is 0.496 e. The fourth-order valence-corrected chi connectivity index (χ4v) is 9.95. The number of para-hydroxylation sites is 4. The van der Waals surface area contributed by atoms with Crippen LogP contribution in [0.4, 0.5) is 0 Å². The third-order valence-corrected chi connectivity index (χ3v) is 11.7. The standard InChI is InChI=1S/C31H34O5P2/c1-33-24-13-5-9-17-28(24)37(29-18-10-6-14-25(29)34-2)21-23(32)22-38(30-19-11-7-15-26(30)35-3)31-20-12-8-16-27(31)36-4/h5-20,23,32H,21-22H2,1-4H3. The van der Waals surface area contributed by atoms with Crippen LogP contribution >= 0.6 is 15.8 Å². The zero-order valence-corrected chi connectivity index (χ0v) is 24.0. The summed E-state index contributed by atoms with van der Waals surface area (Å²) in [5.41, 5.74) is 0. The molecular formula is C31H34O5P2. The maximum Gasteiger partial charge on any atom is 0.126 e. The predicted octanol–water partition coefficient (Wildman–Crippen LogP) is 4.65. The molecule has 4 aromatic carbocycles.